The third-order valence-corrected chi connectivity index (χ3v) is 1.08. The number of rotatable bonds is 2. The molecule has 0 aliphatic rings. The second kappa shape index (κ2) is 3.22. The summed E-state index contributed by atoms with van der Waals surface area (Å²) < 4.78 is 4.73. The van der Waals surface area contributed by atoms with E-state index in [1.807, 2.05) is 19.1 Å². The lowest BCUT2D eigenvalue weighted by molar-refractivity contribution is 0.442. The molecule has 10 heavy (non-hydrogen) atoms. The van der Waals surface area contributed by atoms with Crippen LogP contribution in [0.3, 0.4) is 0 Å². The van der Waals surface area contributed by atoms with Crippen LogP contribution >= 0.6 is 0 Å². The molecule has 1 heterocycles. The Morgan fingerprint density at radius 3 is 3.00 bits per heavy atom. The van der Waals surface area contributed by atoms with Crippen molar-refractivity contribution in [3.8, 4) is 5.88 Å². The molecule has 0 fully saturated rings. The van der Waals surface area contributed by atoms with Gasteiger partial charge in [0.15, 0.2) is 5.88 Å². The van der Waals surface area contributed by atoms with Crippen molar-refractivity contribution in [1.82, 2.24) is 4.98 Å². The zero-order chi connectivity index (χ0) is 7.40. The molecule has 52 valence electrons. The normalized spacial score (nSPS) is 9.00. The second-order valence-corrected chi connectivity index (χ2v) is 1.89. The van der Waals surface area contributed by atoms with Gasteiger partial charge in [0, 0.05) is 5.69 Å². The summed E-state index contributed by atoms with van der Waals surface area (Å²) in [6.45, 7) is 1.87. The van der Waals surface area contributed by atoms with E-state index < -0.39 is 0 Å². The molecule has 0 aliphatic heterocycles. The molecule has 4 heteroatoms. The van der Waals surface area contributed by atoms with Crippen LogP contribution < -0.4 is 4.65 Å². The van der Waals surface area contributed by atoms with E-state index in [1.165, 1.54) is 0 Å². The fourth-order valence-corrected chi connectivity index (χ4v) is 0.665. The smallest absolute Gasteiger partial charge is 0.505 e. The first-order chi connectivity index (χ1) is 4.83. The van der Waals surface area contributed by atoms with Crippen molar-refractivity contribution in [1.29, 1.82) is 0 Å². The minimum Gasteiger partial charge on any atom is -0.525 e. The van der Waals surface area contributed by atoms with Crippen LogP contribution in [0.5, 0.6) is 5.88 Å². The van der Waals surface area contributed by atoms with Gasteiger partial charge in [-0.2, -0.15) is 0 Å². The van der Waals surface area contributed by atoms with Crippen LogP contribution in [0.1, 0.15) is 5.69 Å². The fraction of sp³-hybridized carbons (Fsp3) is 0.167. The van der Waals surface area contributed by atoms with Crippen molar-refractivity contribution >= 4 is 7.69 Å². The Morgan fingerprint density at radius 1 is 1.60 bits per heavy atom. The average Bonchev–Trinajstić information content (AvgIpc) is 1.88. The third-order valence-electron chi connectivity index (χ3n) is 1.08. The maximum absolute atomic E-state index is 8.35. The Hall–Kier alpha value is -1.03. The van der Waals surface area contributed by atoms with E-state index in [0.29, 0.717) is 5.88 Å². The molecule has 3 nitrogen and oxygen atoms in total. The zero-order valence-corrected chi connectivity index (χ0v) is 5.74. The van der Waals surface area contributed by atoms with Gasteiger partial charge in [-0.1, -0.05) is 6.07 Å². The number of hydrogen-bond donors (Lipinski definition) is 1. The Kier molecular flexibility index (Phi) is 2.28. The third kappa shape index (κ3) is 1.74. The van der Waals surface area contributed by atoms with E-state index in [9.17, 15) is 0 Å². The second-order valence-electron chi connectivity index (χ2n) is 1.89. The van der Waals surface area contributed by atoms with E-state index in [0.717, 1.165) is 5.69 Å². The molecule has 0 spiro atoms. The molecule has 0 atom stereocenters. The highest BCUT2D eigenvalue weighted by Crippen LogP contribution is 2.04. The van der Waals surface area contributed by atoms with Gasteiger partial charge in [-0.05, 0) is 19.1 Å². The van der Waals surface area contributed by atoms with Crippen molar-refractivity contribution in [3.05, 3.63) is 23.9 Å². The zero-order valence-electron chi connectivity index (χ0n) is 5.74. The predicted octanol–water partition coefficient (Wildman–Crippen LogP) is 0.0276. The largest absolute Gasteiger partial charge is 0.525 e. The van der Waals surface area contributed by atoms with Crippen LogP contribution in [0.15, 0.2) is 18.2 Å². The van der Waals surface area contributed by atoms with Gasteiger partial charge in [0.05, 0.1) is 0 Å². The highest BCUT2D eigenvalue weighted by atomic mass is 16.5. The van der Waals surface area contributed by atoms with Crippen LogP contribution in [0.25, 0.3) is 0 Å². The number of hydrogen-bond acceptors (Lipinski definition) is 3. The molecule has 0 aromatic carbocycles. The summed E-state index contributed by atoms with van der Waals surface area (Å²) in [4.78, 5) is 3.98. The Labute approximate surface area is 60.0 Å². The molecule has 0 aliphatic carbocycles. The molecule has 0 unspecified atom stereocenters. The summed E-state index contributed by atoms with van der Waals surface area (Å²) in [5, 5.41) is 8.35. The van der Waals surface area contributed by atoms with E-state index in [4.69, 9.17) is 9.68 Å². The average molecular weight is 137 g/mol. The minimum atomic E-state index is -0.323. The molecule has 1 rings (SSSR count). The maximum Gasteiger partial charge on any atom is 0.505 e. The Morgan fingerprint density at radius 2 is 2.40 bits per heavy atom. The number of aryl methyl sites for hydroxylation is 1. The molecular weight excluding hydrogens is 129 g/mol. The Balaban J connectivity index is 2.75. The topological polar surface area (TPSA) is 42.4 Å². The minimum absolute atomic E-state index is 0.323. The highest BCUT2D eigenvalue weighted by molar-refractivity contribution is 6.17. The summed E-state index contributed by atoms with van der Waals surface area (Å²) in [7, 11) is -0.323. The highest BCUT2D eigenvalue weighted by Gasteiger charge is 1.92. The molecule has 1 N–H and O–H groups in total. The molecular formula is C6H8BNO2. The first-order valence-corrected chi connectivity index (χ1v) is 3.00. The van der Waals surface area contributed by atoms with Gasteiger partial charge in [-0.3, -0.25) is 0 Å². The molecule has 0 saturated heterocycles. The van der Waals surface area contributed by atoms with Crippen LogP contribution in [-0.4, -0.2) is 17.7 Å². The first-order valence-electron chi connectivity index (χ1n) is 3.00. The van der Waals surface area contributed by atoms with Gasteiger partial charge in [0.1, 0.15) is 0 Å². The van der Waals surface area contributed by atoms with E-state index in [1.54, 1.807) is 6.07 Å². The van der Waals surface area contributed by atoms with Gasteiger partial charge < -0.3 is 9.68 Å². The number of nitrogens with zero attached hydrogens (tertiary/aromatic N) is 1. The van der Waals surface area contributed by atoms with E-state index in [2.05, 4.69) is 4.98 Å². The molecule has 0 radical (unpaired) electrons. The standard InChI is InChI=1S/C6H8BNO2/c1-5-3-2-4-6(8-5)10-7-9/h2-4,7,9H,1H3. The lowest BCUT2D eigenvalue weighted by Gasteiger charge is -1.99. The van der Waals surface area contributed by atoms with Gasteiger partial charge >= 0.3 is 7.69 Å². The maximum atomic E-state index is 8.35. The lowest BCUT2D eigenvalue weighted by atomic mass is 10.3. The van der Waals surface area contributed by atoms with E-state index in [-0.39, 0.29) is 7.69 Å². The van der Waals surface area contributed by atoms with Gasteiger partial charge in [0.25, 0.3) is 0 Å². The fourth-order valence-electron chi connectivity index (χ4n) is 0.665. The molecule has 0 saturated carbocycles. The quantitative estimate of drug-likeness (QED) is 0.584. The summed E-state index contributed by atoms with van der Waals surface area (Å²) in [6.07, 6.45) is 0. The summed E-state index contributed by atoms with van der Waals surface area (Å²) in [5.41, 5.74) is 0.881. The van der Waals surface area contributed by atoms with Crippen LogP contribution in [-0.2, 0) is 0 Å². The SMILES string of the molecule is Cc1cccc(OBO)n1. The van der Waals surface area contributed by atoms with Gasteiger partial charge in [0.2, 0.25) is 0 Å². The summed E-state index contributed by atoms with van der Waals surface area (Å²) in [5.74, 6) is 0.461. The monoisotopic (exact) mass is 137 g/mol. The van der Waals surface area contributed by atoms with Crippen molar-refractivity contribution in [2.24, 2.45) is 0 Å². The van der Waals surface area contributed by atoms with Crippen molar-refractivity contribution in [3.63, 3.8) is 0 Å². The summed E-state index contributed by atoms with van der Waals surface area (Å²) in [6, 6.07) is 5.39. The van der Waals surface area contributed by atoms with Crippen LogP contribution in [0, 0.1) is 6.92 Å². The van der Waals surface area contributed by atoms with Crippen LogP contribution in [0.2, 0.25) is 0 Å². The van der Waals surface area contributed by atoms with Crippen LogP contribution in [0.4, 0.5) is 0 Å². The van der Waals surface area contributed by atoms with Gasteiger partial charge in [-0.25, -0.2) is 4.98 Å². The lowest BCUT2D eigenvalue weighted by Crippen LogP contribution is -2.01. The summed E-state index contributed by atoms with van der Waals surface area (Å²) >= 11 is 0. The Bertz CT molecular complexity index is 217. The molecule has 1 aromatic rings. The van der Waals surface area contributed by atoms with Crippen molar-refractivity contribution in [2.75, 3.05) is 0 Å². The van der Waals surface area contributed by atoms with Gasteiger partial charge in [-0.15, -0.1) is 0 Å². The molecule has 0 bridgehead atoms. The van der Waals surface area contributed by atoms with E-state index >= 15 is 0 Å². The molecule has 1 aromatic heterocycles. The number of pyridine rings is 1. The molecule has 0 amide bonds. The first kappa shape index (κ1) is 7.09. The van der Waals surface area contributed by atoms with Crippen molar-refractivity contribution in [2.45, 2.75) is 6.92 Å². The predicted molar refractivity (Wildman–Crippen MR) is 39.0 cm³/mol. The number of aromatic nitrogens is 1. The van der Waals surface area contributed by atoms with Crippen molar-refractivity contribution < 1.29 is 9.68 Å².